The average Bonchev–Trinajstić information content (AvgIpc) is 2.69. The molecular weight excluding hydrogens is 358 g/mol. The fourth-order valence-electron chi connectivity index (χ4n) is 2.34. The molecule has 6 nitrogen and oxygen atoms in total. The molecule has 6 heteroatoms. The van der Waals surface area contributed by atoms with Crippen molar-refractivity contribution in [3.05, 3.63) is 48.0 Å². The highest BCUT2D eigenvalue weighted by Crippen LogP contribution is 2.15. The second-order valence-corrected chi connectivity index (χ2v) is 6.48. The number of unbranched alkanes of at least 4 members (excludes halogenated alkanes) is 1. The van der Waals surface area contributed by atoms with Gasteiger partial charge < -0.3 is 19.9 Å². The molecule has 0 radical (unpaired) electrons. The summed E-state index contributed by atoms with van der Waals surface area (Å²) in [6.07, 6.45) is 4.85. The third kappa shape index (κ3) is 9.79. The molecule has 0 saturated carbocycles. The Hall–Kier alpha value is -2.78. The standard InChI is InChI=1S/C22H29NO5/c1-4-5-6-7-11-15-22(2,26)16-14-19(20(24)27-3)23-21(25)28-17-18-12-9-8-10-13-18/h8-10,12-14,16,19,26H,4,7,11,15,17H2,1-3H3,(H,23,25)/b16-14+. The highest BCUT2D eigenvalue weighted by atomic mass is 16.6. The Morgan fingerprint density at radius 2 is 2.00 bits per heavy atom. The summed E-state index contributed by atoms with van der Waals surface area (Å²) < 4.78 is 9.82. The Labute approximate surface area is 166 Å². The molecule has 0 aliphatic rings. The van der Waals surface area contributed by atoms with Crippen LogP contribution in [0.2, 0.25) is 0 Å². The van der Waals surface area contributed by atoms with Crippen LogP contribution in [0.5, 0.6) is 0 Å². The number of alkyl carbamates (subject to hydrolysis) is 1. The average molecular weight is 387 g/mol. The topological polar surface area (TPSA) is 84.9 Å². The fourth-order valence-corrected chi connectivity index (χ4v) is 2.34. The number of esters is 1. The first kappa shape index (κ1) is 23.3. The van der Waals surface area contributed by atoms with Crippen molar-refractivity contribution in [2.75, 3.05) is 7.11 Å². The maximum atomic E-state index is 12.0. The number of amides is 1. The minimum Gasteiger partial charge on any atom is -0.467 e. The van der Waals surface area contributed by atoms with E-state index in [0.29, 0.717) is 12.8 Å². The molecule has 0 spiro atoms. The highest BCUT2D eigenvalue weighted by Gasteiger charge is 2.22. The minimum atomic E-state index is -1.13. The van der Waals surface area contributed by atoms with Gasteiger partial charge in [-0.25, -0.2) is 9.59 Å². The van der Waals surface area contributed by atoms with Crippen LogP contribution >= 0.6 is 0 Å². The lowest BCUT2D eigenvalue weighted by Gasteiger charge is -2.20. The van der Waals surface area contributed by atoms with Gasteiger partial charge in [-0.2, -0.15) is 0 Å². The maximum Gasteiger partial charge on any atom is 0.408 e. The van der Waals surface area contributed by atoms with E-state index in [4.69, 9.17) is 9.47 Å². The molecule has 0 bridgehead atoms. The van der Waals surface area contributed by atoms with E-state index in [1.807, 2.05) is 37.3 Å². The summed E-state index contributed by atoms with van der Waals surface area (Å²) in [5.74, 6) is 5.35. The number of aliphatic hydroxyl groups is 1. The highest BCUT2D eigenvalue weighted by molar-refractivity contribution is 5.83. The molecule has 0 saturated heterocycles. The van der Waals surface area contributed by atoms with E-state index in [9.17, 15) is 14.7 Å². The summed E-state index contributed by atoms with van der Waals surface area (Å²) in [7, 11) is 1.23. The lowest BCUT2D eigenvalue weighted by Crippen LogP contribution is -2.40. The number of benzene rings is 1. The maximum absolute atomic E-state index is 12.0. The lowest BCUT2D eigenvalue weighted by atomic mass is 9.97. The number of methoxy groups -OCH3 is 1. The molecule has 0 fully saturated rings. The van der Waals surface area contributed by atoms with Gasteiger partial charge in [-0.3, -0.25) is 0 Å². The van der Waals surface area contributed by atoms with E-state index < -0.39 is 23.7 Å². The van der Waals surface area contributed by atoms with E-state index >= 15 is 0 Å². The molecule has 0 aliphatic carbocycles. The number of hydrogen-bond donors (Lipinski definition) is 2. The predicted octanol–water partition coefficient (Wildman–Crippen LogP) is 3.35. The fraction of sp³-hybridized carbons (Fsp3) is 0.455. The predicted molar refractivity (Wildman–Crippen MR) is 107 cm³/mol. The third-order valence-electron chi connectivity index (χ3n) is 3.88. The number of nitrogens with one attached hydrogen (secondary N) is 1. The van der Waals surface area contributed by atoms with E-state index in [0.717, 1.165) is 18.4 Å². The van der Waals surface area contributed by atoms with Gasteiger partial charge >= 0.3 is 12.1 Å². The zero-order chi connectivity index (χ0) is 20.8. The zero-order valence-corrected chi connectivity index (χ0v) is 16.7. The van der Waals surface area contributed by atoms with Gasteiger partial charge in [0, 0.05) is 12.8 Å². The largest absolute Gasteiger partial charge is 0.467 e. The quantitative estimate of drug-likeness (QED) is 0.294. The summed E-state index contributed by atoms with van der Waals surface area (Å²) in [4.78, 5) is 23.9. The molecule has 1 rings (SSSR count). The minimum absolute atomic E-state index is 0.0841. The van der Waals surface area contributed by atoms with E-state index in [2.05, 4.69) is 17.2 Å². The molecule has 0 heterocycles. The molecule has 0 aliphatic heterocycles. The molecule has 2 unspecified atom stereocenters. The number of ether oxygens (including phenoxy) is 2. The number of carbonyl (C=O) groups excluding carboxylic acids is 2. The first-order valence-corrected chi connectivity index (χ1v) is 9.30. The Bertz CT molecular complexity index is 701. The van der Waals surface area contributed by atoms with E-state index in [-0.39, 0.29) is 6.61 Å². The van der Waals surface area contributed by atoms with Crippen molar-refractivity contribution in [2.24, 2.45) is 0 Å². The van der Waals surface area contributed by atoms with Gasteiger partial charge in [0.2, 0.25) is 0 Å². The molecule has 1 aromatic carbocycles. The van der Waals surface area contributed by atoms with Crippen LogP contribution in [0.4, 0.5) is 4.79 Å². The Morgan fingerprint density at radius 1 is 1.29 bits per heavy atom. The number of hydrogen-bond acceptors (Lipinski definition) is 5. The van der Waals surface area contributed by atoms with Gasteiger partial charge in [0.1, 0.15) is 12.6 Å². The normalized spacial score (nSPS) is 13.7. The van der Waals surface area contributed by atoms with Crippen LogP contribution in [0, 0.1) is 11.8 Å². The molecule has 152 valence electrons. The molecular formula is C22H29NO5. The number of rotatable bonds is 9. The van der Waals surface area contributed by atoms with Crippen LogP contribution in [0.1, 0.15) is 45.1 Å². The van der Waals surface area contributed by atoms with E-state index in [1.165, 1.54) is 19.3 Å². The first-order valence-electron chi connectivity index (χ1n) is 9.30. The number of carbonyl (C=O) groups is 2. The van der Waals surface area contributed by atoms with Crippen LogP contribution in [0.15, 0.2) is 42.5 Å². The van der Waals surface area contributed by atoms with Crippen molar-refractivity contribution >= 4 is 12.1 Å². The summed E-state index contributed by atoms with van der Waals surface area (Å²) in [5, 5.41) is 12.9. The van der Waals surface area contributed by atoms with Gasteiger partial charge in [0.25, 0.3) is 0 Å². The van der Waals surface area contributed by atoms with Crippen molar-refractivity contribution in [1.29, 1.82) is 0 Å². The third-order valence-corrected chi connectivity index (χ3v) is 3.88. The van der Waals surface area contributed by atoms with Crippen LogP contribution in [0.3, 0.4) is 0 Å². The van der Waals surface area contributed by atoms with Crippen LogP contribution in [0.25, 0.3) is 0 Å². The summed E-state index contributed by atoms with van der Waals surface area (Å²) in [5.41, 5.74) is -0.299. The lowest BCUT2D eigenvalue weighted by molar-refractivity contribution is -0.141. The van der Waals surface area contributed by atoms with E-state index in [1.54, 1.807) is 6.92 Å². The SMILES string of the molecule is CCC#CCCCC(C)(O)/C=C/C(NC(=O)OCc1ccccc1)C(=O)OC. The molecule has 2 N–H and O–H groups in total. The van der Waals surface area contributed by atoms with Crippen molar-refractivity contribution in [1.82, 2.24) is 5.32 Å². The van der Waals surface area contributed by atoms with Crippen LogP contribution in [-0.2, 0) is 20.9 Å². The second-order valence-electron chi connectivity index (χ2n) is 6.48. The van der Waals surface area contributed by atoms with Gasteiger partial charge in [0.05, 0.1) is 12.7 Å². The molecule has 28 heavy (non-hydrogen) atoms. The molecule has 0 aromatic heterocycles. The van der Waals surface area contributed by atoms with Crippen molar-refractivity contribution in [3.8, 4) is 11.8 Å². The van der Waals surface area contributed by atoms with Crippen molar-refractivity contribution in [3.63, 3.8) is 0 Å². The van der Waals surface area contributed by atoms with Gasteiger partial charge in [-0.05, 0) is 25.3 Å². The molecule has 2 atom stereocenters. The zero-order valence-electron chi connectivity index (χ0n) is 16.7. The summed E-state index contributed by atoms with van der Waals surface area (Å²) >= 11 is 0. The van der Waals surface area contributed by atoms with Gasteiger partial charge in [-0.15, -0.1) is 11.8 Å². The molecule has 1 aromatic rings. The Kier molecular flexibility index (Phi) is 10.4. The molecule has 1 amide bonds. The Balaban J connectivity index is 2.59. The van der Waals surface area contributed by atoms with Crippen LogP contribution < -0.4 is 5.32 Å². The monoisotopic (exact) mass is 387 g/mol. The summed E-state index contributed by atoms with van der Waals surface area (Å²) in [6.45, 7) is 3.70. The Morgan fingerprint density at radius 3 is 2.64 bits per heavy atom. The first-order chi connectivity index (χ1) is 13.4. The second kappa shape index (κ2) is 12.6. The van der Waals surface area contributed by atoms with Crippen molar-refractivity contribution < 1.29 is 24.2 Å². The van der Waals surface area contributed by atoms with Gasteiger partial charge in [-0.1, -0.05) is 49.4 Å². The smallest absolute Gasteiger partial charge is 0.408 e. The van der Waals surface area contributed by atoms with Crippen LogP contribution in [-0.4, -0.2) is 35.9 Å². The van der Waals surface area contributed by atoms with Crippen molar-refractivity contribution in [2.45, 2.75) is 57.8 Å². The summed E-state index contributed by atoms with van der Waals surface area (Å²) in [6, 6.07) is 8.14. The van der Waals surface area contributed by atoms with Gasteiger partial charge in [0.15, 0.2) is 0 Å².